The van der Waals surface area contributed by atoms with Crippen LogP contribution in [-0.4, -0.2) is 14.7 Å². The number of nitrogens with zero attached hydrogens (tertiary/aromatic N) is 3. The average molecular weight is 274 g/mol. The lowest BCUT2D eigenvalue weighted by Crippen LogP contribution is -2.05. The number of benzene rings is 1. The summed E-state index contributed by atoms with van der Waals surface area (Å²) in [5.41, 5.74) is 9.12. The first-order chi connectivity index (χ1) is 9.32. The Balaban J connectivity index is 2.69. The first-order valence-corrected chi connectivity index (χ1v) is 6.43. The maximum atomic E-state index is 11.2. The van der Waals surface area contributed by atoms with E-state index in [1.807, 2.05) is 45.9 Å². The summed E-state index contributed by atoms with van der Waals surface area (Å²) in [5.74, 6) is 0.00959. The van der Waals surface area contributed by atoms with Crippen molar-refractivity contribution >= 4 is 11.5 Å². The van der Waals surface area contributed by atoms with Gasteiger partial charge < -0.3 is 5.73 Å². The van der Waals surface area contributed by atoms with Gasteiger partial charge in [-0.15, -0.1) is 0 Å². The summed E-state index contributed by atoms with van der Waals surface area (Å²) in [6.45, 7) is 7.65. The fourth-order valence-electron chi connectivity index (χ4n) is 2.24. The van der Waals surface area contributed by atoms with Crippen LogP contribution in [0, 0.1) is 24.0 Å². The smallest absolute Gasteiger partial charge is 0.334 e. The second kappa shape index (κ2) is 4.96. The molecule has 0 amide bonds. The fraction of sp³-hybridized carbons (Fsp3) is 0.357. The largest absolute Gasteiger partial charge is 0.378 e. The molecule has 0 atom stereocenters. The lowest BCUT2D eigenvalue weighted by Gasteiger charge is -2.08. The van der Waals surface area contributed by atoms with Gasteiger partial charge in [0.15, 0.2) is 0 Å². The molecule has 0 unspecified atom stereocenters. The van der Waals surface area contributed by atoms with Crippen molar-refractivity contribution in [2.45, 2.75) is 33.6 Å². The molecule has 0 fully saturated rings. The molecule has 0 aliphatic rings. The predicted molar refractivity (Wildman–Crippen MR) is 78.2 cm³/mol. The van der Waals surface area contributed by atoms with Crippen molar-refractivity contribution < 1.29 is 4.92 Å². The van der Waals surface area contributed by atoms with Gasteiger partial charge in [-0.1, -0.05) is 31.5 Å². The minimum Gasteiger partial charge on any atom is -0.378 e. The molecule has 106 valence electrons. The zero-order valence-corrected chi connectivity index (χ0v) is 12.0. The fourth-order valence-corrected chi connectivity index (χ4v) is 2.24. The van der Waals surface area contributed by atoms with Crippen molar-refractivity contribution in [3.63, 3.8) is 0 Å². The third-order valence-electron chi connectivity index (χ3n) is 3.23. The Morgan fingerprint density at radius 1 is 1.35 bits per heavy atom. The molecular formula is C14H18N4O2. The van der Waals surface area contributed by atoms with Crippen LogP contribution in [0.4, 0.5) is 11.5 Å². The van der Waals surface area contributed by atoms with Crippen molar-refractivity contribution in [3.8, 4) is 5.69 Å². The predicted octanol–water partition coefficient (Wildman–Crippen LogP) is 3.10. The molecule has 6 nitrogen and oxygen atoms in total. The molecule has 0 aliphatic carbocycles. The lowest BCUT2D eigenvalue weighted by atomic mass is 10.1. The van der Waals surface area contributed by atoms with E-state index in [0.29, 0.717) is 5.69 Å². The van der Waals surface area contributed by atoms with Crippen molar-refractivity contribution in [3.05, 3.63) is 45.1 Å². The summed E-state index contributed by atoms with van der Waals surface area (Å²) in [6, 6.07) is 5.81. The first-order valence-electron chi connectivity index (χ1n) is 6.43. The van der Waals surface area contributed by atoms with Crippen LogP contribution in [0.3, 0.4) is 0 Å². The third kappa shape index (κ3) is 2.24. The van der Waals surface area contributed by atoms with Crippen LogP contribution in [0.25, 0.3) is 5.69 Å². The van der Waals surface area contributed by atoms with Gasteiger partial charge in [0.2, 0.25) is 5.82 Å². The number of nitrogens with two attached hydrogens (primary N) is 1. The Bertz CT molecular complexity index is 674. The van der Waals surface area contributed by atoms with Gasteiger partial charge in [-0.2, -0.15) is 5.10 Å². The Morgan fingerprint density at radius 3 is 2.45 bits per heavy atom. The summed E-state index contributed by atoms with van der Waals surface area (Å²) >= 11 is 0. The summed E-state index contributed by atoms with van der Waals surface area (Å²) in [5, 5.41) is 15.5. The van der Waals surface area contributed by atoms with Crippen molar-refractivity contribution in [2.75, 3.05) is 5.73 Å². The molecule has 2 N–H and O–H groups in total. The van der Waals surface area contributed by atoms with Crippen molar-refractivity contribution in [1.29, 1.82) is 0 Å². The normalized spacial score (nSPS) is 11.1. The monoisotopic (exact) mass is 274 g/mol. The topological polar surface area (TPSA) is 87.0 Å². The molecule has 2 rings (SSSR count). The Morgan fingerprint density at radius 2 is 2.00 bits per heavy atom. The maximum absolute atomic E-state index is 11.2. The molecule has 6 heteroatoms. The summed E-state index contributed by atoms with van der Waals surface area (Å²) in [4.78, 5) is 10.7. The zero-order valence-electron chi connectivity index (χ0n) is 12.0. The van der Waals surface area contributed by atoms with Crippen LogP contribution in [0.2, 0.25) is 0 Å². The van der Waals surface area contributed by atoms with Crippen LogP contribution in [0.15, 0.2) is 18.2 Å². The Kier molecular flexibility index (Phi) is 3.48. The van der Waals surface area contributed by atoms with E-state index < -0.39 is 4.92 Å². The van der Waals surface area contributed by atoms with Gasteiger partial charge in [-0.25, -0.2) is 4.68 Å². The number of hydrogen-bond acceptors (Lipinski definition) is 4. The molecule has 20 heavy (non-hydrogen) atoms. The Labute approximate surface area is 117 Å². The molecule has 2 aromatic rings. The summed E-state index contributed by atoms with van der Waals surface area (Å²) in [6.07, 6.45) is 0. The highest BCUT2D eigenvalue weighted by atomic mass is 16.6. The van der Waals surface area contributed by atoms with E-state index in [9.17, 15) is 10.1 Å². The second-order valence-electron chi connectivity index (χ2n) is 5.23. The van der Waals surface area contributed by atoms with E-state index in [1.54, 1.807) is 0 Å². The molecule has 1 aromatic heterocycles. The molecule has 0 aliphatic heterocycles. The molecule has 0 bridgehead atoms. The molecule has 0 saturated carbocycles. The van der Waals surface area contributed by atoms with Gasteiger partial charge in [0.05, 0.1) is 10.6 Å². The number of nitro groups is 1. The minimum absolute atomic E-state index is 0.0651. The molecule has 0 spiro atoms. The van der Waals surface area contributed by atoms with Crippen molar-refractivity contribution in [2.24, 2.45) is 0 Å². The van der Waals surface area contributed by atoms with E-state index in [-0.39, 0.29) is 17.4 Å². The second-order valence-corrected chi connectivity index (χ2v) is 5.23. The Hall–Kier alpha value is -2.37. The number of anilines is 1. The summed E-state index contributed by atoms with van der Waals surface area (Å²) < 4.78 is 1.46. The van der Waals surface area contributed by atoms with Gasteiger partial charge in [-0.3, -0.25) is 10.1 Å². The highest BCUT2D eigenvalue weighted by molar-refractivity contribution is 5.62. The SMILES string of the molecule is Cc1ccc(-n2nc(C(C)C)c([N+](=O)[O-])c2N)c(C)c1. The standard InChI is InChI=1S/C14H18N4O2/c1-8(2)12-13(18(19)20)14(15)17(16-12)11-6-5-9(3)7-10(11)4/h5-8H,15H2,1-4H3. The van der Waals surface area contributed by atoms with E-state index in [2.05, 4.69) is 5.10 Å². The van der Waals surface area contributed by atoms with Crippen LogP contribution in [0.1, 0.15) is 36.6 Å². The maximum Gasteiger partial charge on any atom is 0.334 e. The van der Waals surface area contributed by atoms with E-state index in [4.69, 9.17) is 5.73 Å². The van der Waals surface area contributed by atoms with Gasteiger partial charge in [0.1, 0.15) is 5.69 Å². The molecule has 1 heterocycles. The number of aryl methyl sites for hydroxylation is 2. The molecule has 0 radical (unpaired) electrons. The third-order valence-corrected chi connectivity index (χ3v) is 3.23. The van der Waals surface area contributed by atoms with E-state index >= 15 is 0 Å². The number of rotatable bonds is 3. The van der Waals surface area contributed by atoms with E-state index in [0.717, 1.165) is 16.8 Å². The highest BCUT2D eigenvalue weighted by Crippen LogP contribution is 2.33. The van der Waals surface area contributed by atoms with Crippen LogP contribution in [-0.2, 0) is 0 Å². The summed E-state index contributed by atoms with van der Waals surface area (Å²) in [7, 11) is 0. The van der Waals surface area contributed by atoms with Crippen LogP contribution < -0.4 is 5.73 Å². The molecule has 1 aromatic carbocycles. The van der Waals surface area contributed by atoms with Gasteiger partial charge in [-0.05, 0) is 25.5 Å². The van der Waals surface area contributed by atoms with Crippen LogP contribution >= 0.6 is 0 Å². The van der Waals surface area contributed by atoms with Gasteiger partial charge in [0.25, 0.3) is 0 Å². The molecule has 0 saturated heterocycles. The number of aromatic nitrogens is 2. The minimum atomic E-state index is -0.461. The van der Waals surface area contributed by atoms with Crippen LogP contribution in [0.5, 0.6) is 0 Å². The first kappa shape index (κ1) is 14.0. The average Bonchev–Trinajstić information content (AvgIpc) is 2.67. The number of nitrogen functional groups attached to an aromatic ring is 1. The van der Waals surface area contributed by atoms with Gasteiger partial charge in [0, 0.05) is 5.92 Å². The van der Waals surface area contributed by atoms with Crippen molar-refractivity contribution in [1.82, 2.24) is 9.78 Å². The molecular weight excluding hydrogens is 256 g/mol. The lowest BCUT2D eigenvalue weighted by molar-refractivity contribution is -0.384. The zero-order chi connectivity index (χ0) is 15.0. The highest BCUT2D eigenvalue weighted by Gasteiger charge is 2.28. The number of hydrogen-bond donors (Lipinski definition) is 1. The van der Waals surface area contributed by atoms with E-state index in [1.165, 1.54) is 4.68 Å². The quantitative estimate of drug-likeness (QED) is 0.688. The van der Waals surface area contributed by atoms with Gasteiger partial charge >= 0.3 is 5.69 Å².